The molecule has 0 saturated carbocycles. The molecule has 0 radical (unpaired) electrons. The van der Waals surface area contributed by atoms with Crippen LogP contribution in [0, 0.1) is 6.92 Å². The molecule has 0 amide bonds. The quantitative estimate of drug-likeness (QED) is 0.412. The van der Waals surface area contributed by atoms with E-state index >= 15 is 0 Å². The Morgan fingerprint density at radius 2 is 1.78 bits per heavy atom. The van der Waals surface area contributed by atoms with E-state index in [0.717, 1.165) is 38.0 Å². The number of rotatable bonds is 2. The molecule has 4 heteroatoms. The van der Waals surface area contributed by atoms with E-state index < -0.39 is 0 Å². The van der Waals surface area contributed by atoms with Crippen molar-refractivity contribution < 1.29 is 0 Å². The Morgan fingerprint density at radius 3 is 2.63 bits per heavy atom. The van der Waals surface area contributed by atoms with Gasteiger partial charge in [-0.2, -0.15) is 0 Å². The summed E-state index contributed by atoms with van der Waals surface area (Å²) in [6.45, 7) is 2.14. The summed E-state index contributed by atoms with van der Waals surface area (Å²) in [5, 5.41) is 4.35. The minimum Gasteiger partial charge on any atom is -0.383 e. The van der Waals surface area contributed by atoms with Crippen molar-refractivity contribution in [3.8, 4) is 22.4 Å². The summed E-state index contributed by atoms with van der Waals surface area (Å²) in [4.78, 5) is 9.20. The molecule has 3 nitrogen and oxygen atoms in total. The summed E-state index contributed by atoms with van der Waals surface area (Å²) >= 11 is 1.69. The van der Waals surface area contributed by atoms with Gasteiger partial charge in [0.1, 0.15) is 5.82 Å². The van der Waals surface area contributed by atoms with Gasteiger partial charge in [0.25, 0.3) is 0 Å². The van der Waals surface area contributed by atoms with Crippen LogP contribution in [-0.2, 0) is 0 Å². The smallest absolute Gasteiger partial charge is 0.132 e. The molecule has 2 aromatic carbocycles. The van der Waals surface area contributed by atoms with Crippen LogP contribution in [-0.4, -0.2) is 9.97 Å². The number of anilines is 1. The molecule has 130 valence electrons. The molecular weight excluding hydrogens is 350 g/mol. The van der Waals surface area contributed by atoms with Gasteiger partial charge in [-0.25, -0.2) is 9.97 Å². The number of hydrogen-bond acceptors (Lipinski definition) is 4. The third-order valence-electron chi connectivity index (χ3n) is 4.91. The van der Waals surface area contributed by atoms with Crippen LogP contribution in [0.4, 0.5) is 5.82 Å². The Kier molecular flexibility index (Phi) is 3.66. The van der Waals surface area contributed by atoms with E-state index in [1.807, 2.05) is 24.3 Å². The predicted molar refractivity (Wildman–Crippen MR) is 115 cm³/mol. The van der Waals surface area contributed by atoms with Gasteiger partial charge in [-0.3, -0.25) is 0 Å². The maximum Gasteiger partial charge on any atom is 0.132 e. The van der Waals surface area contributed by atoms with Crippen LogP contribution < -0.4 is 5.73 Å². The molecular formula is C23H17N3S. The van der Waals surface area contributed by atoms with Gasteiger partial charge in [0.05, 0.1) is 11.2 Å². The second-order valence-electron chi connectivity index (χ2n) is 6.64. The lowest BCUT2D eigenvalue weighted by Gasteiger charge is -2.09. The van der Waals surface area contributed by atoms with Crippen molar-refractivity contribution >= 4 is 38.1 Å². The number of pyridine rings is 2. The van der Waals surface area contributed by atoms with E-state index in [1.54, 1.807) is 17.5 Å². The van der Waals surface area contributed by atoms with E-state index in [4.69, 9.17) is 10.7 Å². The Balaban J connectivity index is 1.73. The molecule has 0 aliphatic heterocycles. The number of fused-ring (bicyclic) bond motifs is 2. The standard InChI is InChI=1S/C23H17N3S/c1-14-11-19(15-5-3-2-4-6-15)26-20-12-16(7-8-17(14)20)18-13-27-21-9-10-25-23(24)22(18)21/h2-13H,1H3,(H2,24,25). The monoisotopic (exact) mass is 367 g/mol. The minimum absolute atomic E-state index is 0.575. The maximum absolute atomic E-state index is 6.16. The van der Waals surface area contributed by atoms with Crippen LogP contribution in [0.15, 0.2) is 72.2 Å². The average molecular weight is 367 g/mol. The molecule has 5 rings (SSSR count). The van der Waals surface area contributed by atoms with E-state index in [0.29, 0.717) is 5.82 Å². The summed E-state index contributed by atoms with van der Waals surface area (Å²) in [7, 11) is 0. The van der Waals surface area contributed by atoms with Crippen LogP contribution in [0.1, 0.15) is 5.56 Å². The first-order valence-electron chi connectivity index (χ1n) is 8.79. The van der Waals surface area contributed by atoms with Crippen LogP contribution in [0.2, 0.25) is 0 Å². The lowest BCUT2D eigenvalue weighted by molar-refractivity contribution is 1.36. The van der Waals surface area contributed by atoms with E-state index in [9.17, 15) is 0 Å². The third-order valence-corrected chi connectivity index (χ3v) is 5.86. The lowest BCUT2D eigenvalue weighted by atomic mass is 10.00. The third kappa shape index (κ3) is 2.66. The van der Waals surface area contributed by atoms with Gasteiger partial charge < -0.3 is 5.73 Å². The van der Waals surface area contributed by atoms with Gasteiger partial charge in [-0.1, -0.05) is 42.5 Å². The number of nitrogens with two attached hydrogens (primary N) is 1. The maximum atomic E-state index is 6.16. The number of aromatic nitrogens is 2. The molecule has 0 aliphatic carbocycles. The first kappa shape index (κ1) is 16.0. The molecule has 0 spiro atoms. The number of hydrogen-bond donors (Lipinski definition) is 1. The molecule has 0 bridgehead atoms. The van der Waals surface area contributed by atoms with Crippen molar-refractivity contribution in [1.82, 2.24) is 9.97 Å². The number of nitrogens with zero attached hydrogens (tertiary/aromatic N) is 2. The summed E-state index contributed by atoms with van der Waals surface area (Å²) in [5.41, 5.74) is 12.7. The highest BCUT2D eigenvalue weighted by atomic mass is 32.1. The second-order valence-corrected chi connectivity index (χ2v) is 7.55. The predicted octanol–water partition coefficient (Wildman–Crippen LogP) is 6.07. The normalized spacial score (nSPS) is 11.3. The molecule has 27 heavy (non-hydrogen) atoms. The molecule has 0 unspecified atom stereocenters. The van der Waals surface area contributed by atoms with E-state index in [2.05, 4.69) is 53.7 Å². The number of thiophene rings is 1. The van der Waals surface area contributed by atoms with Gasteiger partial charge in [-0.05, 0) is 41.6 Å². The van der Waals surface area contributed by atoms with Gasteiger partial charge in [0, 0.05) is 32.8 Å². The van der Waals surface area contributed by atoms with Gasteiger partial charge in [0.15, 0.2) is 0 Å². The Bertz CT molecular complexity index is 1290. The number of benzene rings is 2. The summed E-state index contributed by atoms with van der Waals surface area (Å²) in [6.07, 6.45) is 1.76. The first-order valence-corrected chi connectivity index (χ1v) is 9.67. The minimum atomic E-state index is 0.575. The van der Waals surface area contributed by atoms with Crippen LogP contribution in [0.25, 0.3) is 43.4 Å². The fourth-order valence-corrected chi connectivity index (χ4v) is 4.52. The first-order chi connectivity index (χ1) is 13.2. The van der Waals surface area contributed by atoms with Crippen molar-refractivity contribution in [1.29, 1.82) is 0 Å². The van der Waals surface area contributed by atoms with Crippen LogP contribution >= 0.6 is 11.3 Å². The molecule has 3 aromatic heterocycles. The highest BCUT2D eigenvalue weighted by Crippen LogP contribution is 2.37. The molecule has 0 fully saturated rings. The fourth-order valence-electron chi connectivity index (χ4n) is 3.55. The van der Waals surface area contributed by atoms with Crippen molar-refractivity contribution in [2.24, 2.45) is 0 Å². The Labute approximate surface area is 161 Å². The van der Waals surface area contributed by atoms with E-state index in [1.165, 1.54) is 10.9 Å². The highest BCUT2D eigenvalue weighted by Gasteiger charge is 2.12. The zero-order chi connectivity index (χ0) is 18.4. The van der Waals surface area contributed by atoms with E-state index in [-0.39, 0.29) is 0 Å². The van der Waals surface area contributed by atoms with Crippen molar-refractivity contribution in [2.75, 3.05) is 5.73 Å². The van der Waals surface area contributed by atoms with Gasteiger partial charge in [-0.15, -0.1) is 11.3 Å². The Hall–Kier alpha value is -3.24. The summed E-state index contributed by atoms with van der Waals surface area (Å²) in [5.74, 6) is 0.575. The number of aryl methyl sites for hydroxylation is 1. The lowest BCUT2D eigenvalue weighted by Crippen LogP contribution is -1.91. The SMILES string of the molecule is Cc1cc(-c2ccccc2)nc2cc(-c3csc4ccnc(N)c34)ccc12. The summed E-state index contributed by atoms with van der Waals surface area (Å²) in [6, 6.07) is 20.9. The van der Waals surface area contributed by atoms with Crippen LogP contribution in [0.3, 0.4) is 0 Å². The van der Waals surface area contributed by atoms with Crippen molar-refractivity contribution in [3.05, 3.63) is 77.8 Å². The second kappa shape index (κ2) is 6.18. The molecule has 0 atom stereocenters. The average Bonchev–Trinajstić information content (AvgIpc) is 3.14. The molecule has 2 N–H and O–H groups in total. The molecule has 0 aliphatic rings. The van der Waals surface area contributed by atoms with Gasteiger partial charge in [0.2, 0.25) is 0 Å². The molecule has 3 heterocycles. The topological polar surface area (TPSA) is 51.8 Å². The largest absolute Gasteiger partial charge is 0.383 e. The highest BCUT2D eigenvalue weighted by molar-refractivity contribution is 7.17. The Morgan fingerprint density at radius 1 is 0.926 bits per heavy atom. The zero-order valence-corrected chi connectivity index (χ0v) is 15.6. The number of nitrogen functional groups attached to an aromatic ring is 1. The van der Waals surface area contributed by atoms with Crippen LogP contribution in [0.5, 0.6) is 0 Å². The zero-order valence-electron chi connectivity index (χ0n) is 14.8. The molecule has 0 saturated heterocycles. The fraction of sp³-hybridized carbons (Fsp3) is 0.0435. The molecule has 5 aromatic rings. The summed E-state index contributed by atoms with van der Waals surface area (Å²) < 4.78 is 1.15. The van der Waals surface area contributed by atoms with Crippen molar-refractivity contribution in [2.45, 2.75) is 6.92 Å². The van der Waals surface area contributed by atoms with Crippen molar-refractivity contribution in [3.63, 3.8) is 0 Å². The van der Waals surface area contributed by atoms with Gasteiger partial charge >= 0.3 is 0 Å².